The summed E-state index contributed by atoms with van der Waals surface area (Å²) in [7, 11) is 0. The van der Waals surface area contributed by atoms with Crippen molar-refractivity contribution in [2.24, 2.45) is 5.92 Å². The third-order valence-corrected chi connectivity index (χ3v) is 6.00. The predicted molar refractivity (Wildman–Crippen MR) is 104 cm³/mol. The van der Waals surface area contributed by atoms with E-state index < -0.39 is 0 Å². The number of aromatic nitrogens is 3. The molecule has 4 rings (SSSR count). The average molecular weight is 359 g/mol. The van der Waals surface area contributed by atoms with Gasteiger partial charge in [-0.15, -0.1) is 11.3 Å². The van der Waals surface area contributed by atoms with Crippen LogP contribution in [0.25, 0.3) is 0 Å². The van der Waals surface area contributed by atoms with Crippen LogP contribution in [0.3, 0.4) is 0 Å². The molecule has 0 aliphatic carbocycles. The van der Waals surface area contributed by atoms with Crippen LogP contribution in [0.15, 0.2) is 24.0 Å². The number of hydrogen-bond donors (Lipinski definition) is 1. The summed E-state index contributed by atoms with van der Waals surface area (Å²) in [6.07, 6.45) is 8.38. The fourth-order valence-electron chi connectivity index (χ4n) is 3.79. The van der Waals surface area contributed by atoms with Crippen LogP contribution in [0, 0.1) is 5.92 Å². The van der Waals surface area contributed by atoms with Crippen LogP contribution in [0.2, 0.25) is 0 Å². The van der Waals surface area contributed by atoms with Crippen LogP contribution in [-0.2, 0) is 0 Å². The van der Waals surface area contributed by atoms with E-state index in [1.807, 2.05) is 11.6 Å². The first-order valence-electron chi connectivity index (χ1n) is 9.26. The lowest BCUT2D eigenvalue weighted by molar-refractivity contribution is 0.444. The normalized spacial score (nSPS) is 22.2. The molecule has 134 valence electrons. The van der Waals surface area contributed by atoms with Gasteiger partial charge in [-0.3, -0.25) is 0 Å². The number of rotatable bonds is 4. The predicted octanol–water partition coefficient (Wildman–Crippen LogP) is 3.25. The number of thiazole rings is 1. The molecule has 7 heteroatoms. The smallest absolute Gasteiger partial charge is 0.185 e. The van der Waals surface area contributed by atoms with Crippen molar-refractivity contribution in [3.05, 3.63) is 24.0 Å². The zero-order chi connectivity index (χ0) is 17.1. The molecule has 2 fully saturated rings. The highest BCUT2D eigenvalue weighted by atomic mass is 32.1. The Hall–Kier alpha value is -1.89. The molecule has 4 heterocycles. The van der Waals surface area contributed by atoms with Crippen molar-refractivity contribution < 1.29 is 0 Å². The van der Waals surface area contributed by atoms with Gasteiger partial charge in [0, 0.05) is 49.9 Å². The van der Waals surface area contributed by atoms with Crippen molar-refractivity contribution in [2.75, 3.05) is 41.3 Å². The molecule has 2 saturated heterocycles. The summed E-state index contributed by atoms with van der Waals surface area (Å²) >= 11 is 1.72. The standard InChI is InChI=1S/C18H26N6S/c1-14-3-2-7-24(12-14)17-11-16(20-13-21-17)22-15-4-8-23(9-5-15)18-19-6-10-25-18/h6,10-11,13-15H,2-5,7-9,12H2,1H3,(H,20,21,22)/t14-/m0/s1. The Morgan fingerprint density at radius 2 is 1.96 bits per heavy atom. The van der Waals surface area contributed by atoms with Crippen LogP contribution in [0.4, 0.5) is 16.8 Å². The highest BCUT2D eigenvalue weighted by molar-refractivity contribution is 7.13. The van der Waals surface area contributed by atoms with Crippen LogP contribution in [-0.4, -0.2) is 47.2 Å². The van der Waals surface area contributed by atoms with Gasteiger partial charge in [0.25, 0.3) is 0 Å². The number of hydrogen-bond acceptors (Lipinski definition) is 7. The van der Waals surface area contributed by atoms with E-state index >= 15 is 0 Å². The molecular formula is C18H26N6S. The summed E-state index contributed by atoms with van der Waals surface area (Å²) in [6, 6.07) is 2.59. The Balaban J connectivity index is 1.35. The summed E-state index contributed by atoms with van der Waals surface area (Å²) in [5, 5.41) is 6.80. The molecule has 0 unspecified atom stereocenters. The van der Waals surface area contributed by atoms with Gasteiger partial charge in [-0.2, -0.15) is 0 Å². The topological polar surface area (TPSA) is 57.2 Å². The lowest BCUT2D eigenvalue weighted by atomic mass is 10.0. The van der Waals surface area contributed by atoms with Crippen LogP contribution in [0.1, 0.15) is 32.6 Å². The monoisotopic (exact) mass is 358 g/mol. The molecule has 0 spiro atoms. The van der Waals surface area contributed by atoms with Crippen LogP contribution >= 0.6 is 11.3 Å². The molecule has 1 N–H and O–H groups in total. The molecule has 6 nitrogen and oxygen atoms in total. The molecule has 0 radical (unpaired) electrons. The molecule has 1 atom stereocenters. The molecular weight excluding hydrogens is 332 g/mol. The number of nitrogens with one attached hydrogen (secondary N) is 1. The molecule has 2 aliphatic heterocycles. The molecule has 0 saturated carbocycles. The van der Waals surface area contributed by atoms with E-state index in [9.17, 15) is 0 Å². The zero-order valence-electron chi connectivity index (χ0n) is 14.8. The Morgan fingerprint density at radius 3 is 2.72 bits per heavy atom. The van der Waals surface area contributed by atoms with Crippen molar-refractivity contribution in [2.45, 2.75) is 38.6 Å². The second kappa shape index (κ2) is 7.56. The van der Waals surface area contributed by atoms with Crippen molar-refractivity contribution in [1.29, 1.82) is 0 Å². The molecule has 0 bridgehead atoms. The van der Waals surface area contributed by atoms with E-state index in [1.165, 1.54) is 12.8 Å². The van der Waals surface area contributed by atoms with E-state index in [1.54, 1.807) is 17.7 Å². The van der Waals surface area contributed by atoms with Crippen LogP contribution in [0.5, 0.6) is 0 Å². The second-order valence-corrected chi connectivity index (χ2v) is 8.05. The first-order chi connectivity index (χ1) is 12.3. The minimum absolute atomic E-state index is 0.472. The highest BCUT2D eigenvalue weighted by Crippen LogP contribution is 2.25. The number of anilines is 3. The van der Waals surface area contributed by atoms with Crippen molar-refractivity contribution >= 4 is 28.1 Å². The summed E-state index contributed by atoms with van der Waals surface area (Å²) in [4.78, 5) is 18.1. The van der Waals surface area contributed by atoms with E-state index in [-0.39, 0.29) is 0 Å². The third-order valence-electron chi connectivity index (χ3n) is 5.17. The number of piperidine rings is 2. The van der Waals surface area contributed by atoms with E-state index in [2.05, 4.69) is 43.1 Å². The van der Waals surface area contributed by atoms with Gasteiger partial charge >= 0.3 is 0 Å². The third kappa shape index (κ3) is 4.03. The average Bonchev–Trinajstić information content (AvgIpc) is 3.17. The van der Waals surface area contributed by atoms with E-state index in [0.717, 1.165) is 61.7 Å². The van der Waals surface area contributed by atoms with Gasteiger partial charge in [-0.1, -0.05) is 6.92 Å². The fourth-order valence-corrected chi connectivity index (χ4v) is 4.49. The first-order valence-corrected chi connectivity index (χ1v) is 10.1. The van der Waals surface area contributed by atoms with Gasteiger partial charge in [0.15, 0.2) is 5.13 Å². The summed E-state index contributed by atoms with van der Waals surface area (Å²) in [5.74, 6) is 2.76. The van der Waals surface area contributed by atoms with Gasteiger partial charge in [0.1, 0.15) is 18.0 Å². The molecule has 0 aromatic carbocycles. The minimum Gasteiger partial charge on any atom is -0.367 e. The van der Waals surface area contributed by atoms with Crippen LogP contribution < -0.4 is 15.1 Å². The maximum absolute atomic E-state index is 4.50. The Bertz CT molecular complexity index is 668. The summed E-state index contributed by atoms with van der Waals surface area (Å²) in [5.41, 5.74) is 0. The Morgan fingerprint density at radius 1 is 1.08 bits per heavy atom. The SMILES string of the molecule is C[C@H]1CCCN(c2cc(NC3CCN(c4nccs4)CC3)ncn2)C1. The lowest BCUT2D eigenvalue weighted by Gasteiger charge is -2.33. The molecule has 25 heavy (non-hydrogen) atoms. The Kier molecular flexibility index (Phi) is 5.01. The summed E-state index contributed by atoms with van der Waals surface area (Å²) in [6.45, 7) is 6.62. The zero-order valence-corrected chi connectivity index (χ0v) is 15.6. The van der Waals surface area contributed by atoms with Crippen molar-refractivity contribution in [3.63, 3.8) is 0 Å². The quantitative estimate of drug-likeness (QED) is 0.905. The van der Waals surface area contributed by atoms with E-state index in [4.69, 9.17) is 0 Å². The molecule has 0 amide bonds. The molecule has 2 aliphatic rings. The first kappa shape index (κ1) is 16.6. The lowest BCUT2D eigenvalue weighted by Crippen LogP contribution is -2.39. The van der Waals surface area contributed by atoms with Gasteiger partial charge in [-0.05, 0) is 31.6 Å². The molecule has 2 aromatic heterocycles. The van der Waals surface area contributed by atoms with E-state index in [0.29, 0.717) is 6.04 Å². The summed E-state index contributed by atoms with van der Waals surface area (Å²) < 4.78 is 0. The minimum atomic E-state index is 0.472. The van der Waals surface area contributed by atoms with Crippen molar-refractivity contribution in [1.82, 2.24) is 15.0 Å². The van der Waals surface area contributed by atoms with Crippen molar-refractivity contribution in [3.8, 4) is 0 Å². The van der Waals surface area contributed by atoms with Gasteiger partial charge in [0.2, 0.25) is 0 Å². The van der Waals surface area contributed by atoms with Gasteiger partial charge in [-0.25, -0.2) is 15.0 Å². The number of nitrogens with zero attached hydrogens (tertiary/aromatic N) is 5. The second-order valence-electron chi connectivity index (χ2n) is 7.18. The molecule has 2 aromatic rings. The maximum Gasteiger partial charge on any atom is 0.185 e. The highest BCUT2D eigenvalue weighted by Gasteiger charge is 2.22. The largest absolute Gasteiger partial charge is 0.367 e. The maximum atomic E-state index is 4.50. The fraction of sp³-hybridized carbons (Fsp3) is 0.611. The van der Waals surface area contributed by atoms with Gasteiger partial charge in [0.05, 0.1) is 0 Å². The Labute approximate surface area is 153 Å². The van der Waals surface area contributed by atoms with Gasteiger partial charge < -0.3 is 15.1 Å².